The van der Waals surface area contributed by atoms with E-state index >= 15 is 0 Å². The van der Waals surface area contributed by atoms with Gasteiger partial charge in [-0.25, -0.2) is 0 Å². The molecule has 0 amide bonds. The van der Waals surface area contributed by atoms with E-state index in [9.17, 15) is 0 Å². The number of nitrogens with two attached hydrogens (primary N) is 1. The van der Waals surface area contributed by atoms with Gasteiger partial charge in [0.2, 0.25) is 0 Å². The van der Waals surface area contributed by atoms with Crippen LogP contribution in [-0.4, -0.2) is 7.11 Å². The number of benzene rings is 1. The highest BCUT2D eigenvalue weighted by Crippen LogP contribution is 2.27. The van der Waals surface area contributed by atoms with Crippen molar-refractivity contribution in [2.75, 3.05) is 7.11 Å². The van der Waals surface area contributed by atoms with E-state index in [0.29, 0.717) is 6.54 Å². The summed E-state index contributed by atoms with van der Waals surface area (Å²) in [7, 11) is 1.66. The van der Waals surface area contributed by atoms with Crippen LogP contribution >= 0.6 is 15.9 Å². The molecule has 1 aromatic carbocycles. The quantitative estimate of drug-likeness (QED) is 0.845. The van der Waals surface area contributed by atoms with Gasteiger partial charge in [0.15, 0.2) is 0 Å². The number of aryl methyl sites for hydroxylation is 1. The van der Waals surface area contributed by atoms with E-state index in [1.54, 1.807) is 7.11 Å². The van der Waals surface area contributed by atoms with Gasteiger partial charge in [0, 0.05) is 16.6 Å². The lowest BCUT2D eigenvalue weighted by molar-refractivity contribution is 0.406. The predicted octanol–water partition coefficient (Wildman–Crippen LogP) is 2.22. The molecule has 2 nitrogen and oxygen atoms in total. The third-order valence-electron chi connectivity index (χ3n) is 1.74. The van der Waals surface area contributed by atoms with Gasteiger partial charge in [-0.3, -0.25) is 0 Å². The third-order valence-corrected chi connectivity index (χ3v) is 2.20. The van der Waals surface area contributed by atoms with Crippen LogP contribution in [0.2, 0.25) is 0 Å². The zero-order valence-corrected chi connectivity index (χ0v) is 8.81. The Bertz CT molecular complexity index is 286. The van der Waals surface area contributed by atoms with Crippen molar-refractivity contribution in [3.05, 3.63) is 27.7 Å². The first kappa shape index (κ1) is 9.55. The molecule has 0 heterocycles. The van der Waals surface area contributed by atoms with Crippen LogP contribution in [0.3, 0.4) is 0 Å². The summed E-state index contributed by atoms with van der Waals surface area (Å²) in [5.41, 5.74) is 7.70. The van der Waals surface area contributed by atoms with Gasteiger partial charge in [-0.2, -0.15) is 0 Å². The van der Waals surface area contributed by atoms with Gasteiger partial charge in [0.05, 0.1) is 7.11 Å². The number of ether oxygens (including phenoxy) is 1. The van der Waals surface area contributed by atoms with E-state index in [-0.39, 0.29) is 0 Å². The van der Waals surface area contributed by atoms with E-state index in [1.165, 1.54) is 0 Å². The highest BCUT2D eigenvalue weighted by Gasteiger charge is 2.05. The summed E-state index contributed by atoms with van der Waals surface area (Å²) in [6, 6.07) is 3.99. The van der Waals surface area contributed by atoms with Gasteiger partial charge in [-0.15, -0.1) is 0 Å². The fraction of sp³-hybridized carbons (Fsp3) is 0.333. The summed E-state index contributed by atoms with van der Waals surface area (Å²) in [5.74, 6) is 0.890. The first-order valence-corrected chi connectivity index (χ1v) is 4.51. The second kappa shape index (κ2) is 3.92. The summed E-state index contributed by atoms with van der Waals surface area (Å²) >= 11 is 3.41. The molecule has 0 aliphatic heterocycles. The molecule has 0 atom stereocenters. The Hall–Kier alpha value is -0.540. The van der Waals surface area contributed by atoms with Gasteiger partial charge in [0.1, 0.15) is 5.75 Å². The van der Waals surface area contributed by atoms with Crippen molar-refractivity contribution >= 4 is 15.9 Å². The van der Waals surface area contributed by atoms with Crippen LogP contribution < -0.4 is 10.5 Å². The number of hydrogen-bond donors (Lipinski definition) is 1. The van der Waals surface area contributed by atoms with E-state index < -0.39 is 0 Å². The molecule has 0 radical (unpaired) electrons. The summed E-state index contributed by atoms with van der Waals surface area (Å²) in [6.07, 6.45) is 0. The molecule has 0 saturated carbocycles. The van der Waals surface area contributed by atoms with Crippen LogP contribution in [0.1, 0.15) is 11.1 Å². The minimum Gasteiger partial charge on any atom is -0.496 e. The highest BCUT2D eigenvalue weighted by atomic mass is 79.9. The lowest BCUT2D eigenvalue weighted by Gasteiger charge is -2.10. The molecule has 0 bridgehead atoms. The van der Waals surface area contributed by atoms with Gasteiger partial charge in [0.25, 0.3) is 0 Å². The molecular formula is C9H12BrNO. The fourth-order valence-corrected chi connectivity index (χ4v) is 1.86. The molecule has 2 N–H and O–H groups in total. The minimum atomic E-state index is 0.503. The first-order valence-electron chi connectivity index (χ1n) is 3.72. The van der Waals surface area contributed by atoms with E-state index in [2.05, 4.69) is 15.9 Å². The molecule has 12 heavy (non-hydrogen) atoms. The van der Waals surface area contributed by atoms with Gasteiger partial charge >= 0.3 is 0 Å². The van der Waals surface area contributed by atoms with Crippen LogP contribution in [0, 0.1) is 6.92 Å². The van der Waals surface area contributed by atoms with Crippen molar-refractivity contribution < 1.29 is 4.74 Å². The lowest BCUT2D eigenvalue weighted by atomic mass is 10.1. The lowest BCUT2D eigenvalue weighted by Crippen LogP contribution is -2.01. The Labute approximate surface area is 80.8 Å². The second-order valence-electron chi connectivity index (χ2n) is 2.62. The van der Waals surface area contributed by atoms with Gasteiger partial charge in [-0.1, -0.05) is 15.9 Å². The second-order valence-corrected chi connectivity index (χ2v) is 3.53. The van der Waals surface area contributed by atoms with E-state index in [1.807, 2.05) is 19.1 Å². The SMILES string of the molecule is COc1c(C)cc(Br)cc1CN. The summed E-state index contributed by atoms with van der Waals surface area (Å²) in [5, 5.41) is 0. The van der Waals surface area contributed by atoms with Crippen LogP contribution in [0.25, 0.3) is 0 Å². The maximum atomic E-state index is 5.56. The van der Waals surface area contributed by atoms with E-state index in [4.69, 9.17) is 10.5 Å². The minimum absolute atomic E-state index is 0.503. The summed E-state index contributed by atoms with van der Waals surface area (Å²) in [6.45, 7) is 2.51. The average Bonchev–Trinajstić information content (AvgIpc) is 2.03. The Morgan fingerprint density at radius 3 is 2.67 bits per heavy atom. The Morgan fingerprint density at radius 1 is 1.50 bits per heavy atom. The fourth-order valence-electron chi connectivity index (χ4n) is 1.24. The predicted molar refractivity (Wildman–Crippen MR) is 53.3 cm³/mol. The van der Waals surface area contributed by atoms with Crippen molar-refractivity contribution in [2.24, 2.45) is 5.73 Å². The van der Waals surface area contributed by atoms with Gasteiger partial charge in [-0.05, 0) is 24.6 Å². The van der Waals surface area contributed by atoms with Crippen molar-refractivity contribution in [2.45, 2.75) is 13.5 Å². The number of hydrogen-bond acceptors (Lipinski definition) is 2. The smallest absolute Gasteiger partial charge is 0.126 e. The molecule has 0 saturated heterocycles. The van der Waals surface area contributed by atoms with Crippen LogP contribution in [0.4, 0.5) is 0 Å². The maximum absolute atomic E-state index is 5.56. The molecule has 1 aromatic rings. The van der Waals surface area contributed by atoms with Crippen molar-refractivity contribution in [3.8, 4) is 5.75 Å². The van der Waals surface area contributed by atoms with Crippen LogP contribution in [-0.2, 0) is 6.54 Å². The van der Waals surface area contributed by atoms with Crippen LogP contribution in [0.15, 0.2) is 16.6 Å². The highest BCUT2D eigenvalue weighted by molar-refractivity contribution is 9.10. The summed E-state index contributed by atoms with van der Waals surface area (Å²) in [4.78, 5) is 0. The molecule has 0 fully saturated rings. The molecule has 0 spiro atoms. The Morgan fingerprint density at radius 2 is 2.17 bits per heavy atom. The average molecular weight is 230 g/mol. The number of methoxy groups -OCH3 is 1. The normalized spacial score (nSPS) is 10.0. The van der Waals surface area contributed by atoms with Crippen LogP contribution in [0.5, 0.6) is 5.75 Å². The number of halogens is 1. The van der Waals surface area contributed by atoms with E-state index in [0.717, 1.165) is 21.3 Å². The number of rotatable bonds is 2. The monoisotopic (exact) mass is 229 g/mol. The molecular weight excluding hydrogens is 218 g/mol. The molecule has 0 aliphatic rings. The Kier molecular flexibility index (Phi) is 3.12. The molecule has 0 aromatic heterocycles. The zero-order valence-electron chi connectivity index (χ0n) is 7.23. The topological polar surface area (TPSA) is 35.2 Å². The van der Waals surface area contributed by atoms with Gasteiger partial charge < -0.3 is 10.5 Å². The molecule has 1 rings (SSSR count). The Balaban J connectivity index is 3.24. The summed E-state index contributed by atoms with van der Waals surface area (Å²) < 4.78 is 6.26. The van der Waals surface area contributed by atoms with Crippen molar-refractivity contribution in [1.29, 1.82) is 0 Å². The molecule has 0 unspecified atom stereocenters. The van der Waals surface area contributed by atoms with Crippen molar-refractivity contribution in [1.82, 2.24) is 0 Å². The molecule has 0 aliphatic carbocycles. The largest absolute Gasteiger partial charge is 0.496 e. The maximum Gasteiger partial charge on any atom is 0.126 e. The first-order chi connectivity index (χ1) is 5.69. The molecule has 3 heteroatoms. The molecule has 66 valence electrons. The zero-order chi connectivity index (χ0) is 9.14. The third kappa shape index (κ3) is 1.79. The van der Waals surface area contributed by atoms with Crippen molar-refractivity contribution in [3.63, 3.8) is 0 Å². The standard InChI is InChI=1S/C9H12BrNO/c1-6-3-8(10)4-7(5-11)9(6)12-2/h3-4H,5,11H2,1-2H3.